The van der Waals surface area contributed by atoms with Crippen LogP contribution in [0.3, 0.4) is 0 Å². The lowest BCUT2D eigenvalue weighted by Gasteiger charge is -2.28. The monoisotopic (exact) mass is 443 g/mol. The zero-order valence-electron chi connectivity index (χ0n) is 16.8. The first kappa shape index (κ1) is 20.8. The molecule has 0 unspecified atom stereocenters. The van der Waals surface area contributed by atoms with Crippen molar-refractivity contribution in [2.45, 2.75) is 4.90 Å². The minimum Gasteiger partial charge on any atom is -0.497 e. The Labute approximate surface area is 178 Å². The summed E-state index contributed by atoms with van der Waals surface area (Å²) in [6.07, 6.45) is 2.80. The lowest BCUT2D eigenvalue weighted by Crippen LogP contribution is -2.39. The molecule has 10 nitrogen and oxygen atoms in total. The second kappa shape index (κ2) is 8.74. The van der Waals surface area contributed by atoms with E-state index >= 15 is 0 Å². The van der Waals surface area contributed by atoms with Crippen molar-refractivity contribution >= 4 is 27.7 Å². The van der Waals surface area contributed by atoms with Gasteiger partial charge in [0.2, 0.25) is 0 Å². The summed E-state index contributed by atoms with van der Waals surface area (Å²) in [4.78, 5) is 21.8. The average Bonchev–Trinajstić information content (AvgIpc) is 2.81. The Bertz CT molecular complexity index is 1270. The molecule has 1 fully saturated rings. The number of rotatable bonds is 6. The Kier molecular flexibility index (Phi) is 5.87. The third-order valence-electron chi connectivity index (χ3n) is 4.80. The van der Waals surface area contributed by atoms with Crippen molar-refractivity contribution in [3.8, 4) is 5.75 Å². The van der Waals surface area contributed by atoms with E-state index in [-0.39, 0.29) is 16.0 Å². The number of sulfonamides is 1. The summed E-state index contributed by atoms with van der Waals surface area (Å²) >= 11 is 0. The second-order valence-electron chi connectivity index (χ2n) is 6.71. The fraction of sp³-hybridized carbons (Fsp3) is 0.250. The van der Waals surface area contributed by atoms with Crippen LogP contribution in [0, 0.1) is 0 Å². The number of hydrogen-bond acceptors (Lipinski definition) is 8. The highest BCUT2D eigenvalue weighted by Gasteiger charge is 2.20. The van der Waals surface area contributed by atoms with Crippen LogP contribution in [-0.4, -0.2) is 57.4 Å². The molecule has 1 aliphatic heterocycles. The number of benzene rings is 1. The first-order valence-electron chi connectivity index (χ1n) is 9.52. The summed E-state index contributed by atoms with van der Waals surface area (Å²) in [6.45, 7) is 2.15. The molecular formula is C20H21N5O5S. The Balaban J connectivity index is 1.68. The van der Waals surface area contributed by atoms with Gasteiger partial charge < -0.3 is 14.4 Å². The maximum absolute atomic E-state index is 13.1. The molecule has 0 radical (unpaired) electrons. The van der Waals surface area contributed by atoms with E-state index in [0.717, 1.165) is 0 Å². The number of hydrazone groups is 1. The first-order valence-corrected chi connectivity index (χ1v) is 11.0. The number of pyridine rings is 1. The quantitative estimate of drug-likeness (QED) is 0.444. The van der Waals surface area contributed by atoms with Crippen molar-refractivity contribution in [3.05, 3.63) is 64.6 Å². The molecule has 162 valence electrons. The molecule has 1 saturated heterocycles. The normalized spacial score (nSPS) is 14.8. The van der Waals surface area contributed by atoms with Crippen LogP contribution in [0.1, 0.15) is 5.56 Å². The molecule has 4 rings (SSSR count). The van der Waals surface area contributed by atoms with Crippen LogP contribution in [0.2, 0.25) is 0 Å². The standard InChI is InChI=1S/C20H21N5O5S/c1-29-15-5-7-16(8-6-15)31(27,28)23-21-14-17-19(24-10-12-30-13-11-24)22-18-4-2-3-9-25(18)20(17)26/h2-9,14,23H,10-13H2,1H3. The van der Waals surface area contributed by atoms with Gasteiger partial charge in [0.1, 0.15) is 22.8 Å². The smallest absolute Gasteiger partial charge is 0.276 e. The molecule has 0 atom stereocenters. The van der Waals surface area contributed by atoms with Gasteiger partial charge in [0.05, 0.1) is 31.4 Å². The van der Waals surface area contributed by atoms with Crippen molar-refractivity contribution in [2.24, 2.45) is 5.10 Å². The Hall–Kier alpha value is -3.44. The zero-order valence-corrected chi connectivity index (χ0v) is 17.6. The molecule has 0 saturated carbocycles. The largest absolute Gasteiger partial charge is 0.497 e. The van der Waals surface area contributed by atoms with E-state index in [1.807, 2.05) is 4.90 Å². The lowest BCUT2D eigenvalue weighted by atomic mass is 10.2. The number of fused-ring (bicyclic) bond motifs is 1. The minimum absolute atomic E-state index is 0.0206. The van der Waals surface area contributed by atoms with Gasteiger partial charge in [0, 0.05) is 19.3 Å². The Morgan fingerprint density at radius 1 is 1.16 bits per heavy atom. The topological polar surface area (TPSA) is 115 Å². The number of morpholine rings is 1. The van der Waals surface area contributed by atoms with Crippen LogP contribution in [0.15, 0.2) is 63.5 Å². The van der Waals surface area contributed by atoms with Gasteiger partial charge in [0.25, 0.3) is 15.6 Å². The van der Waals surface area contributed by atoms with Crippen LogP contribution < -0.4 is 20.0 Å². The molecule has 1 aliphatic rings. The molecular weight excluding hydrogens is 422 g/mol. The summed E-state index contributed by atoms with van der Waals surface area (Å²) in [5, 5.41) is 3.85. The highest BCUT2D eigenvalue weighted by atomic mass is 32.2. The van der Waals surface area contributed by atoms with Gasteiger partial charge in [-0.1, -0.05) is 6.07 Å². The summed E-state index contributed by atoms with van der Waals surface area (Å²) in [6, 6.07) is 11.1. The first-order chi connectivity index (χ1) is 15.0. The van der Waals surface area contributed by atoms with Crippen LogP contribution in [0.25, 0.3) is 5.65 Å². The molecule has 2 aromatic heterocycles. The molecule has 0 amide bonds. The SMILES string of the molecule is COc1ccc(S(=O)(=O)NN=Cc2c(N3CCOCC3)nc3ccccn3c2=O)cc1. The van der Waals surface area contributed by atoms with Gasteiger partial charge in [-0.05, 0) is 36.4 Å². The van der Waals surface area contributed by atoms with Crippen molar-refractivity contribution in [3.63, 3.8) is 0 Å². The zero-order chi connectivity index (χ0) is 21.8. The minimum atomic E-state index is -3.91. The van der Waals surface area contributed by atoms with Gasteiger partial charge >= 0.3 is 0 Å². The van der Waals surface area contributed by atoms with E-state index in [9.17, 15) is 13.2 Å². The number of aromatic nitrogens is 2. The fourth-order valence-electron chi connectivity index (χ4n) is 3.19. The van der Waals surface area contributed by atoms with E-state index in [0.29, 0.717) is 43.5 Å². The predicted octanol–water partition coefficient (Wildman–Crippen LogP) is 0.852. The third-order valence-corrected chi connectivity index (χ3v) is 6.03. The van der Waals surface area contributed by atoms with Crippen molar-refractivity contribution in [1.29, 1.82) is 0 Å². The molecule has 0 aliphatic carbocycles. The molecule has 0 bridgehead atoms. The highest BCUT2D eigenvalue weighted by molar-refractivity contribution is 7.89. The summed E-state index contributed by atoms with van der Waals surface area (Å²) in [5.74, 6) is 0.972. The maximum Gasteiger partial charge on any atom is 0.276 e. The summed E-state index contributed by atoms with van der Waals surface area (Å²) in [7, 11) is -2.42. The van der Waals surface area contributed by atoms with E-state index in [1.54, 1.807) is 24.4 Å². The van der Waals surface area contributed by atoms with Crippen LogP contribution >= 0.6 is 0 Å². The summed E-state index contributed by atoms with van der Waals surface area (Å²) < 4.78 is 36.8. The van der Waals surface area contributed by atoms with Crippen LogP contribution in [-0.2, 0) is 14.8 Å². The number of ether oxygens (including phenoxy) is 2. The van der Waals surface area contributed by atoms with Crippen LogP contribution in [0.4, 0.5) is 5.82 Å². The maximum atomic E-state index is 13.1. The Morgan fingerprint density at radius 2 is 1.90 bits per heavy atom. The average molecular weight is 443 g/mol. The van der Waals surface area contributed by atoms with E-state index in [2.05, 4.69) is 14.9 Å². The van der Waals surface area contributed by atoms with Gasteiger partial charge in [-0.25, -0.2) is 9.82 Å². The number of nitrogens with zero attached hydrogens (tertiary/aromatic N) is 4. The van der Waals surface area contributed by atoms with Crippen molar-refractivity contribution in [2.75, 3.05) is 38.3 Å². The number of anilines is 1. The van der Waals surface area contributed by atoms with Crippen molar-refractivity contribution in [1.82, 2.24) is 14.2 Å². The number of hydrogen-bond donors (Lipinski definition) is 1. The second-order valence-corrected chi connectivity index (χ2v) is 8.37. The number of methoxy groups -OCH3 is 1. The van der Waals surface area contributed by atoms with Gasteiger partial charge in [-0.3, -0.25) is 9.20 Å². The molecule has 11 heteroatoms. The third kappa shape index (κ3) is 4.37. The molecule has 3 aromatic rings. The van der Waals surface area contributed by atoms with Gasteiger partial charge in [-0.2, -0.15) is 13.5 Å². The van der Waals surface area contributed by atoms with Crippen molar-refractivity contribution < 1.29 is 17.9 Å². The van der Waals surface area contributed by atoms with Crippen LogP contribution in [0.5, 0.6) is 5.75 Å². The molecule has 3 heterocycles. The molecule has 1 N–H and O–H groups in total. The Morgan fingerprint density at radius 3 is 2.61 bits per heavy atom. The molecule has 1 aromatic carbocycles. The fourth-order valence-corrected chi connectivity index (χ4v) is 3.98. The van der Waals surface area contributed by atoms with E-state index in [4.69, 9.17) is 9.47 Å². The highest BCUT2D eigenvalue weighted by Crippen LogP contribution is 2.17. The van der Waals surface area contributed by atoms with E-state index in [1.165, 1.54) is 42.0 Å². The predicted molar refractivity (Wildman–Crippen MR) is 115 cm³/mol. The molecule has 0 spiro atoms. The van der Waals surface area contributed by atoms with Gasteiger partial charge in [-0.15, -0.1) is 0 Å². The number of nitrogens with one attached hydrogen (secondary N) is 1. The van der Waals surface area contributed by atoms with E-state index < -0.39 is 10.0 Å². The molecule has 31 heavy (non-hydrogen) atoms. The summed E-state index contributed by atoms with van der Waals surface area (Å²) in [5.41, 5.74) is 0.326. The van der Waals surface area contributed by atoms with Gasteiger partial charge in [0.15, 0.2) is 0 Å². The lowest BCUT2D eigenvalue weighted by molar-refractivity contribution is 0.122.